The fourth-order valence-electron chi connectivity index (χ4n) is 6.48. The molecular weight excluding hydrogens is 387 g/mol. The van der Waals surface area contributed by atoms with Gasteiger partial charge in [0, 0.05) is 23.2 Å². The van der Waals surface area contributed by atoms with Crippen LogP contribution in [0.25, 0.3) is 0 Å². The molecule has 6 atom stereocenters. The van der Waals surface area contributed by atoms with Crippen LogP contribution in [0.2, 0.25) is 0 Å². The van der Waals surface area contributed by atoms with Gasteiger partial charge >= 0.3 is 0 Å². The molecule has 0 aromatic carbocycles. The Balaban J connectivity index is 1.85. The Bertz CT molecular complexity index is 865. The minimum absolute atomic E-state index is 0.151. The maximum absolute atomic E-state index is 15.1. The average Bonchev–Trinajstić information content (AvgIpc) is 2.92. The highest BCUT2D eigenvalue weighted by molar-refractivity contribution is 6.43. The van der Waals surface area contributed by atoms with Crippen LogP contribution in [-0.2, 0) is 14.4 Å². The molecule has 0 unspecified atom stereocenters. The molecule has 0 heterocycles. The molecule has 2 N–H and O–H groups in total. The van der Waals surface area contributed by atoms with Crippen LogP contribution in [0.4, 0.5) is 4.39 Å². The van der Waals surface area contributed by atoms with Gasteiger partial charge in [0.15, 0.2) is 5.78 Å². The maximum Gasteiger partial charge on any atom is 0.221 e. The quantitative estimate of drug-likeness (QED) is 0.539. The van der Waals surface area contributed by atoms with E-state index in [0.717, 1.165) is 6.08 Å². The van der Waals surface area contributed by atoms with Gasteiger partial charge in [0.2, 0.25) is 11.6 Å². The summed E-state index contributed by atoms with van der Waals surface area (Å²) in [5, 5.41) is 20.5. The van der Waals surface area contributed by atoms with Gasteiger partial charge in [-0.15, -0.1) is 11.6 Å². The average molecular weight is 411 g/mol. The third kappa shape index (κ3) is 2.12. The van der Waals surface area contributed by atoms with E-state index in [9.17, 15) is 24.6 Å². The van der Waals surface area contributed by atoms with E-state index in [0.29, 0.717) is 19.3 Å². The first-order chi connectivity index (χ1) is 12.9. The molecule has 0 spiro atoms. The summed E-state index contributed by atoms with van der Waals surface area (Å²) >= 11 is 7.17. The van der Waals surface area contributed by atoms with E-state index < -0.39 is 57.0 Å². The summed E-state index contributed by atoms with van der Waals surface area (Å²) < 4.78 is 15.1. The number of Topliss-reactive ketones (excluding diaryl/α,β-unsaturated/α-hetero) is 2. The van der Waals surface area contributed by atoms with Gasteiger partial charge in [-0.3, -0.25) is 14.4 Å². The largest absolute Gasteiger partial charge is 0.388 e. The highest BCUT2D eigenvalue weighted by Crippen LogP contribution is 2.70. The first kappa shape index (κ1) is 19.9. The van der Waals surface area contributed by atoms with E-state index >= 15 is 4.39 Å². The van der Waals surface area contributed by atoms with Crippen molar-refractivity contribution in [2.75, 3.05) is 6.61 Å². The molecule has 0 saturated heterocycles. The minimum atomic E-state index is -1.68. The van der Waals surface area contributed by atoms with Gasteiger partial charge in [0.1, 0.15) is 18.0 Å². The highest BCUT2D eigenvalue weighted by atomic mass is 35.5. The summed E-state index contributed by atoms with van der Waals surface area (Å²) in [6.45, 7) is 2.79. The molecule has 0 amide bonds. The summed E-state index contributed by atoms with van der Waals surface area (Å²) in [6, 6.07) is 0. The number of carbonyl (C=O) groups is 3. The van der Waals surface area contributed by atoms with Crippen LogP contribution in [-0.4, -0.2) is 44.6 Å². The van der Waals surface area contributed by atoms with Crippen LogP contribution in [0, 0.1) is 22.7 Å². The molecule has 4 aliphatic carbocycles. The molecule has 0 aromatic heterocycles. The predicted octanol–water partition coefficient (Wildman–Crippen LogP) is 2.42. The summed E-state index contributed by atoms with van der Waals surface area (Å²) in [5.74, 6) is -3.25. The van der Waals surface area contributed by atoms with E-state index in [1.165, 1.54) is 6.08 Å². The number of ketones is 3. The molecule has 0 aromatic rings. The number of halogens is 2. The molecule has 2 fully saturated rings. The number of fused-ring (bicyclic) bond motifs is 5. The van der Waals surface area contributed by atoms with Gasteiger partial charge in [-0.25, -0.2) is 4.39 Å². The second-order valence-corrected chi connectivity index (χ2v) is 9.94. The van der Waals surface area contributed by atoms with Crippen molar-refractivity contribution in [2.24, 2.45) is 22.7 Å². The fourth-order valence-corrected chi connectivity index (χ4v) is 6.95. The number of rotatable bonds is 2. The van der Waals surface area contributed by atoms with Crippen molar-refractivity contribution in [3.05, 3.63) is 23.6 Å². The van der Waals surface area contributed by atoms with E-state index in [1.807, 2.05) is 6.92 Å². The molecule has 4 aliphatic rings. The summed E-state index contributed by atoms with van der Waals surface area (Å²) in [4.78, 5) is 35.4. The molecule has 0 aliphatic heterocycles. The zero-order chi connectivity index (χ0) is 20.7. The topological polar surface area (TPSA) is 91.7 Å². The molecule has 7 heteroatoms. The Morgan fingerprint density at radius 3 is 2.61 bits per heavy atom. The van der Waals surface area contributed by atoms with Crippen LogP contribution < -0.4 is 0 Å². The maximum atomic E-state index is 15.1. The van der Waals surface area contributed by atoms with Gasteiger partial charge in [0.05, 0.1) is 4.87 Å². The number of allylic oxidation sites excluding steroid dienone is 4. The fraction of sp³-hybridized carbons (Fsp3) is 0.667. The van der Waals surface area contributed by atoms with E-state index in [2.05, 4.69) is 0 Å². The first-order valence-corrected chi connectivity index (χ1v) is 10.0. The molecule has 5 nitrogen and oxygen atoms in total. The lowest BCUT2D eigenvalue weighted by Crippen LogP contribution is -2.63. The standard InChI is InChI=1S/C21H24ClFO5/c1-18-5-6-20(22)12(11(18)3-4-21(18,28)17(27)10-24)7-14(23)13-8-15(25)16(26)9-19(13,20)2/h7-8,11-12,24,28H,3-6,9-10H2,1-2H3/t11-,12-,18-,19-,20+,21-/m0/s1. The lowest BCUT2D eigenvalue weighted by Gasteiger charge is -2.61. The number of aliphatic hydroxyl groups excluding tert-OH is 1. The summed E-state index contributed by atoms with van der Waals surface area (Å²) in [5.41, 5.74) is -3.39. The third-order valence-corrected chi connectivity index (χ3v) is 9.17. The van der Waals surface area contributed by atoms with Gasteiger partial charge < -0.3 is 10.2 Å². The predicted molar refractivity (Wildman–Crippen MR) is 99.2 cm³/mol. The Labute approximate surface area is 167 Å². The van der Waals surface area contributed by atoms with Crippen molar-refractivity contribution < 1.29 is 29.0 Å². The third-order valence-electron chi connectivity index (χ3n) is 8.31. The monoisotopic (exact) mass is 410 g/mol. The number of aliphatic hydroxyl groups is 2. The van der Waals surface area contributed by atoms with Crippen molar-refractivity contribution in [3.8, 4) is 0 Å². The minimum Gasteiger partial charge on any atom is -0.388 e. The van der Waals surface area contributed by atoms with Gasteiger partial charge in [0.25, 0.3) is 0 Å². The van der Waals surface area contributed by atoms with Gasteiger partial charge in [-0.2, -0.15) is 0 Å². The lowest BCUT2D eigenvalue weighted by atomic mass is 9.47. The highest BCUT2D eigenvalue weighted by Gasteiger charge is 2.70. The molecular formula is C21H24ClFO5. The molecule has 152 valence electrons. The summed E-state index contributed by atoms with van der Waals surface area (Å²) in [6.07, 6.45) is 3.74. The SMILES string of the molecule is C[C@]12CC(=O)C(=O)C=C1C(F)=C[C@H]1[C@@H]3CC[C@](O)(C(=O)CO)[C@@]3(C)CC[C@@]12Cl. The number of hydrogen-bond acceptors (Lipinski definition) is 5. The Morgan fingerprint density at radius 1 is 1.29 bits per heavy atom. The molecule has 0 bridgehead atoms. The Morgan fingerprint density at radius 2 is 1.96 bits per heavy atom. The van der Waals surface area contributed by atoms with Crippen molar-refractivity contribution in [3.63, 3.8) is 0 Å². The van der Waals surface area contributed by atoms with Crippen LogP contribution >= 0.6 is 11.6 Å². The van der Waals surface area contributed by atoms with Crippen molar-refractivity contribution in [2.45, 2.75) is 56.4 Å². The smallest absolute Gasteiger partial charge is 0.221 e. The molecule has 4 rings (SSSR count). The van der Waals surface area contributed by atoms with Gasteiger partial charge in [-0.1, -0.05) is 13.8 Å². The molecule has 2 saturated carbocycles. The normalized spacial score (nSPS) is 47.6. The number of carbonyl (C=O) groups excluding carboxylic acids is 3. The summed E-state index contributed by atoms with van der Waals surface area (Å²) in [7, 11) is 0. The number of alkyl halides is 1. The van der Waals surface area contributed by atoms with Crippen LogP contribution in [0.3, 0.4) is 0 Å². The second kappa shape index (κ2) is 5.83. The van der Waals surface area contributed by atoms with Crippen LogP contribution in [0.1, 0.15) is 46.0 Å². The Hall–Kier alpha value is -1.37. The number of hydrogen-bond donors (Lipinski definition) is 2. The van der Waals surface area contributed by atoms with Crippen LogP contribution in [0.5, 0.6) is 0 Å². The van der Waals surface area contributed by atoms with Crippen molar-refractivity contribution in [1.82, 2.24) is 0 Å². The molecule has 28 heavy (non-hydrogen) atoms. The van der Waals surface area contributed by atoms with E-state index in [-0.39, 0.29) is 24.3 Å². The van der Waals surface area contributed by atoms with Gasteiger partial charge in [-0.05, 0) is 49.3 Å². The zero-order valence-electron chi connectivity index (χ0n) is 15.9. The van der Waals surface area contributed by atoms with Crippen molar-refractivity contribution >= 4 is 29.0 Å². The lowest BCUT2D eigenvalue weighted by molar-refractivity contribution is -0.160. The molecule has 0 radical (unpaired) electrons. The van der Waals surface area contributed by atoms with E-state index in [1.54, 1.807) is 6.92 Å². The van der Waals surface area contributed by atoms with Crippen molar-refractivity contribution in [1.29, 1.82) is 0 Å². The Kier molecular flexibility index (Phi) is 4.15. The second-order valence-electron chi connectivity index (χ2n) is 9.26. The zero-order valence-corrected chi connectivity index (χ0v) is 16.7. The van der Waals surface area contributed by atoms with Crippen LogP contribution in [0.15, 0.2) is 23.6 Å². The first-order valence-electron chi connectivity index (χ1n) is 9.67. The van der Waals surface area contributed by atoms with E-state index in [4.69, 9.17) is 11.6 Å².